The van der Waals surface area contributed by atoms with Crippen molar-refractivity contribution < 1.29 is 0 Å². The van der Waals surface area contributed by atoms with Crippen molar-refractivity contribution in [1.29, 1.82) is 0 Å². The van der Waals surface area contributed by atoms with Gasteiger partial charge in [-0.3, -0.25) is 16.0 Å². The lowest BCUT2D eigenvalue weighted by Crippen LogP contribution is -2.45. The third-order valence-corrected chi connectivity index (χ3v) is 17.6. The van der Waals surface area contributed by atoms with Crippen molar-refractivity contribution in [3.63, 3.8) is 0 Å². The summed E-state index contributed by atoms with van der Waals surface area (Å²) in [5.41, 5.74) is 10.0. The van der Waals surface area contributed by atoms with Gasteiger partial charge in [0.05, 0.1) is 16.6 Å². The van der Waals surface area contributed by atoms with Crippen LogP contribution in [0.25, 0.3) is 0 Å². The van der Waals surface area contributed by atoms with E-state index in [4.69, 9.17) is 0 Å². The predicted molar refractivity (Wildman–Crippen MR) is 353 cm³/mol. The summed E-state index contributed by atoms with van der Waals surface area (Å²) in [6.07, 6.45) is 10.4. The number of rotatable bonds is 24. The Morgan fingerprint density at radius 1 is 0.214 bits per heavy atom. The molecular weight excluding hydrogens is 1020 g/mol. The Bertz CT molecular complexity index is 2530. The molecule has 9 aromatic carbocycles. The highest BCUT2D eigenvalue weighted by atomic mass is 15.1. The van der Waals surface area contributed by atoms with Crippen LogP contribution in [0.2, 0.25) is 0 Å². The Hall–Kier alpha value is -7.26. The Morgan fingerprint density at radius 3 is 0.500 bits per heavy atom. The van der Waals surface area contributed by atoms with Crippen LogP contribution in [0.3, 0.4) is 0 Å². The average Bonchev–Trinajstić information content (AvgIpc) is 2.15. The fourth-order valence-corrected chi connectivity index (χ4v) is 13.4. The van der Waals surface area contributed by atoms with Crippen LogP contribution in [-0.2, 0) is 16.6 Å². The summed E-state index contributed by atoms with van der Waals surface area (Å²) in [5.74, 6) is 0. The first-order valence-electron chi connectivity index (χ1n) is 31.6. The number of benzene rings is 9. The van der Waals surface area contributed by atoms with Gasteiger partial charge in [-0.2, -0.15) is 0 Å². The van der Waals surface area contributed by atoms with E-state index < -0.39 is 16.6 Å². The molecule has 1 fully saturated rings. The Balaban J connectivity index is 0.837. The highest BCUT2D eigenvalue weighted by Gasteiger charge is 2.38. The van der Waals surface area contributed by atoms with E-state index in [9.17, 15) is 0 Å². The van der Waals surface area contributed by atoms with Crippen molar-refractivity contribution in [3.05, 3.63) is 323 Å². The van der Waals surface area contributed by atoms with Crippen LogP contribution in [0, 0.1) is 0 Å². The van der Waals surface area contributed by atoms with E-state index >= 15 is 0 Å². The first-order valence-corrected chi connectivity index (χ1v) is 31.6. The molecule has 0 aliphatic carbocycles. The molecular formula is C78H90N6. The maximum Gasteiger partial charge on any atom is 0.0947 e. The van der Waals surface area contributed by atoms with Crippen molar-refractivity contribution in [2.24, 2.45) is 0 Å². The fraction of sp³-hybridized carbons (Fsp3) is 0.308. The van der Waals surface area contributed by atoms with Gasteiger partial charge in [0.2, 0.25) is 0 Å². The largest absolute Gasteiger partial charge is 0.303 e. The van der Waals surface area contributed by atoms with Crippen molar-refractivity contribution in [1.82, 2.24) is 30.7 Å². The number of hydrogen-bond donors (Lipinski definition) is 3. The second-order valence-corrected chi connectivity index (χ2v) is 23.0. The topological polar surface area (TPSA) is 45.8 Å². The molecule has 0 spiro atoms. The van der Waals surface area contributed by atoms with Gasteiger partial charge in [0.1, 0.15) is 0 Å². The maximum absolute atomic E-state index is 4.20. The minimum absolute atomic E-state index is 0.461. The molecule has 0 saturated carbocycles. The lowest BCUT2D eigenvalue weighted by atomic mass is 9.77. The second kappa shape index (κ2) is 31.6. The summed E-state index contributed by atoms with van der Waals surface area (Å²) in [6.45, 7) is 12.7. The molecule has 10 rings (SSSR count). The molecule has 1 heterocycles. The van der Waals surface area contributed by atoms with Gasteiger partial charge in [-0.15, -0.1) is 0 Å². The molecule has 3 N–H and O–H groups in total. The average molecular weight is 1110 g/mol. The van der Waals surface area contributed by atoms with Crippen LogP contribution >= 0.6 is 0 Å². The number of nitrogens with one attached hydrogen (secondary N) is 3. The van der Waals surface area contributed by atoms with E-state index in [-0.39, 0.29) is 0 Å². The van der Waals surface area contributed by atoms with Crippen molar-refractivity contribution in [3.8, 4) is 0 Å². The molecule has 0 amide bonds. The second-order valence-electron chi connectivity index (χ2n) is 23.0. The van der Waals surface area contributed by atoms with Crippen LogP contribution < -0.4 is 16.0 Å². The molecule has 0 radical (unpaired) electrons. The summed E-state index contributed by atoms with van der Waals surface area (Å²) in [6, 6.07) is 99.6. The molecule has 1 aliphatic rings. The first kappa shape index (κ1) is 59.9. The molecule has 84 heavy (non-hydrogen) atoms. The zero-order chi connectivity index (χ0) is 57.2. The van der Waals surface area contributed by atoms with E-state index in [0.29, 0.717) is 0 Å². The van der Waals surface area contributed by atoms with E-state index in [1.165, 1.54) is 88.6 Å². The minimum atomic E-state index is -0.461. The van der Waals surface area contributed by atoms with Crippen LogP contribution in [-0.4, -0.2) is 93.2 Å². The van der Waals surface area contributed by atoms with Gasteiger partial charge in [-0.05, 0) is 186 Å². The van der Waals surface area contributed by atoms with Gasteiger partial charge in [0.25, 0.3) is 0 Å². The number of nitrogens with zero attached hydrogens (tertiary/aromatic N) is 3. The monoisotopic (exact) mass is 1110 g/mol. The summed E-state index contributed by atoms with van der Waals surface area (Å²) in [5, 5.41) is 12.6. The van der Waals surface area contributed by atoms with Gasteiger partial charge in [0, 0.05) is 0 Å². The van der Waals surface area contributed by atoms with Crippen molar-refractivity contribution in [2.75, 3.05) is 78.5 Å². The molecule has 1 aliphatic heterocycles. The third-order valence-electron chi connectivity index (χ3n) is 17.6. The highest BCUT2D eigenvalue weighted by molar-refractivity contribution is 5.52. The van der Waals surface area contributed by atoms with E-state index in [1.54, 1.807) is 0 Å². The first-order chi connectivity index (χ1) is 41.7. The number of hydrogen-bond acceptors (Lipinski definition) is 6. The van der Waals surface area contributed by atoms with Crippen LogP contribution in [0.5, 0.6) is 0 Å². The summed E-state index contributed by atoms with van der Waals surface area (Å²) >= 11 is 0. The molecule has 0 bridgehead atoms. The fourth-order valence-electron chi connectivity index (χ4n) is 13.4. The van der Waals surface area contributed by atoms with Gasteiger partial charge >= 0.3 is 0 Å². The SMILES string of the molecule is c1ccc(C(NCCCN2CCCCN(CCCNC(c3ccccc3)(c3ccccc3)c3ccccc3)CCCCN(CCCNC(c3ccccc3)(c3ccccc3)c3ccccc3)CCCC2)(c2ccccc2)c2ccccc2)cc1. The van der Waals surface area contributed by atoms with Crippen molar-refractivity contribution in [2.45, 2.75) is 74.4 Å². The Labute approximate surface area is 504 Å². The maximum atomic E-state index is 4.20. The van der Waals surface area contributed by atoms with Crippen LogP contribution in [0.4, 0.5) is 0 Å². The zero-order valence-corrected chi connectivity index (χ0v) is 49.7. The highest BCUT2D eigenvalue weighted by Crippen LogP contribution is 2.40. The minimum Gasteiger partial charge on any atom is -0.303 e. The van der Waals surface area contributed by atoms with Gasteiger partial charge in [-0.25, -0.2) is 0 Å². The molecule has 432 valence electrons. The molecule has 0 atom stereocenters. The normalized spacial score (nSPS) is 15.0. The molecule has 9 aromatic rings. The van der Waals surface area contributed by atoms with Crippen molar-refractivity contribution >= 4 is 0 Å². The van der Waals surface area contributed by atoms with Crippen LogP contribution in [0.1, 0.15) is 108 Å². The molecule has 6 heteroatoms. The zero-order valence-electron chi connectivity index (χ0n) is 49.7. The van der Waals surface area contributed by atoms with E-state index in [0.717, 1.165) is 97.8 Å². The summed E-state index contributed by atoms with van der Waals surface area (Å²) < 4.78 is 0. The Morgan fingerprint density at radius 2 is 0.357 bits per heavy atom. The van der Waals surface area contributed by atoms with E-state index in [1.807, 2.05) is 0 Å². The lowest BCUT2D eigenvalue weighted by Gasteiger charge is -2.37. The molecule has 6 nitrogen and oxygen atoms in total. The van der Waals surface area contributed by atoms with Gasteiger partial charge in [0.15, 0.2) is 0 Å². The quantitative estimate of drug-likeness (QED) is 0.0414. The molecule has 1 saturated heterocycles. The summed E-state index contributed by atoms with van der Waals surface area (Å²) in [7, 11) is 0. The summed E-state index contributed by atoms with van der Waals surface area (Å²) in [4.78, 5) is 8.39. The van der Waals surface area contributed by atoms with Crippen LogP contribution in [0.15, 0.2) is 273 Å². The molecule has 0 aromatic heterocycles. The van der Waals surface area contributed by atoms with E-state index in [2.05, 4.69) is 304 Å². The molecule has 0 unspecified atom stereocenters. The van der Waals surface area contributed by atoms with Gasteiger partial charge < -0.3 is 14.7 Å². The Kier molecular flexibility index (Phi) is 22.5. The lowest BCUT2D eigenvalue weighted by molar-refractivity contribution is 0.231. The smallest absolute Gasteiger partial charge is 0.0947 e. The predicted octanol–water partition coefficient (Wildman–Crippen LogP) is 15.2. The standard InChI is InChI=1S/C78H90N6/c1-10-37-67(38-11-1)76(68-39-12-2-13-40-68,69-41-14-3-15-42-69)79-55-34-64-82-58-28-30-60-83(65-35-56-80-77(70-43-16-4-17-44-70,71-45-18-5-19-46-71)72-47-20-6-21-48-72)62-32-33-63-84(61-31-29-59-82)66-36-57-81-78(73-49-22-7-23-50-73,74-51-24-8-25-52-74)75-53-26-9-27-54-75/h1-27,37-54,79-81H,28-36,55-66H2. The van der Waals surface area contributed by atoms with Gasteiger partial charge in [-0.1, -0.05) is 273 Å². The third kappa shape index (κ3) is 15.2.